The van der Waals surface area contributed by atoms with E-state index in [1.807, 2.05) is 52.0 Å². The predicted molar refractivity (Wildman–Crippen MR) is 83.9 cm³/mol. The molecular weight excluding hydrogens is 280 g/mol. The maximum absolute atomic E-state index is 12.0. The first-order chi connectivity index (χ1) is 10.3. The van der Waals surface area contributed by atoms with Gasteiger partial charge in [0.25, 0.3) is 5.91 Å². The molecule has 118 valence electrons. The molecule has 1 aromatic carbocycles. The van der Waals surface area contributed by atoms with Crippen molar-refractivity contribution in [3.05, 3.63) is 41.7 Å². The number of aromatic nitrogens is 3. The molecule has 0 aliphatic carbocycles. The zero-order chi connectivity index (χ0) is 16.3. The van der Waals surface area contributed by atoms with Gasteiger partial charge >= 0.3 is 0 Å². The minimum absolute atomic E-state index is 0.180. The summed E-state index contributed by atoms with van der Waals surface area (Å²) in [7, 11) is 0. The maximum atomic E-state index is 12.0. The number of hydrogen-bond donors (Lipinski definition) is 2. The van der Waals surface area contributed by atoms with Crippen LogP contribution < -0.4 is 5.32 Å². The molecule has 1 aromatic heterocycles. The summed E-state index contributed by atoms with van der Waals surface area (Å²) in [5.74, 6) is -0.346. The van der Waals surface area contributed by atoms with Crippen LogP contribution in [0, 0.1) is 12.3 Å². The Kier molecular flexibility index (Phi) is 4.61. The normalized spacial score (nSPS) is 13.0. The van der Waals surface area contributed by atoms with Crippen LogP contribution in [0.25, 0.3) is 5.69 Å². The van der Waals surface area contributed by atoms with E-state index in [4.69, 9.17) is 0 Å². The van der Waals surface area contributed by atoms with E-state index < -0.39 is 6.10 Å². The van der Waals surface area contributed by atoms with E-state index in [0.717, 1.165) is 11.3 Å². The van der Waals surface area contributed by atoms with Gasteiger partial charge in [-0.1, -0.05) is 43.7 Å². The van der Waals surface area contributed by atoms with Crippen molar-refractivity contribution in [1.82, 2.24) is 20.3 Å². The molecule has 2 aromatic rings. The number of carbonyl (C=O) groups excluding carboxylic acids is 1. The second kappa shape index (κ2) is 6.27. The zero-order valence-electron chi connectivity index (χ0n) is 13.4. The number of hydrogen-bond acceptors (Lipinski definition) is 4. The van der Waals surface area contributed by atoms with Crippen molar-refractivity contribution in [2.45, 2.75) is 33.8 Å². The van der Waals surface area contributed by atoms with Crippen LogP contribution in [-0.2, 0) is 0 Å². The SMILES string of the molecule is Cc1ccc(-n2cc(C(=O)NCC(O)C(C)(C)C)nn2)cc1. The Balaban J connectivity index is 2.02. The minimum atomic E-state index is -0.622. The van der Waals surface area contributed by atoms with Crippen LogP contribution >= 0.6 is 0 Å². The molecule has 0 fully saturated rings. The summed E-state index contributed by atoms with van der Waals surface area (Å²) in [5.41, 5.74) is 1.93. The van der Waals surface area contributed by atoms with Crippen molar-refractivity contribution in [1.29, 1.82) is 0 Å². The van der Waals surface area contributed by atoms with E-state index in [2.05, 4.69) is 15.6 Å². The summed E-state index contributed by atoms with van der Waals surface area (Å²) in [6, 6.07) is 7.76. The van der Waals surface area contributed by atoms with Crippen LogP contribution in [0.1, 0.15) is 36.8 Å². The molecule has 1 unspecified atom stereocenters. The summed E-state index contributed by atoms with van der Waals surface area (Å²) >= 11 is 0. The first-order valence-corrected chi connectivity index (χ1v) is 7.23. The Labute approximate surface area is 130 Å². The molecule has 0 saturated carbocycles. The number of benzene rings is 1. The Morgan fingerprint density at radius 1 is 1.32 bits per heavy atom. The second-order valence-corrected chi connectivity index (χ2v) is 6.48. The summed E-state index contributed by atoms with van der Waals surface area (Å²) in [6.45, 7) is 7.93. The number of nitrogens with zero attached hydrogens (tertiary/aromatic N) is 3. The van der Waals surface area contributed by atoms with Crippen LogP contribution in [0.4, 0.5) is 0 Å². The van der Waals surface area contributed by atoms with Gasteiger partial charge in [0.15, 0.2) is 5.69 Å². The van der Waals surface area contributed by atoms with Gasteiger partial charge in [0, 0.05) is 6.54 Å². The lowest BCUT2D eigenvalue weighted by Crippen LogP contribution is -2.39. The largest absolute Gasteiger partial charge is 0.391 e. The second-order valence-electron chi connectivity index (χ2n) is 6.48. The highest BCUT2D eigenvalue weighted by atomic mass is 16.3. The molecule has 0 radical (unpaired) electrons. The van der Waals surface area contributed by atoms with Crippen molar-refractivity contribution in [3.63, 3.8) is 0 Å². The highest BCUT2D eigenvalue weighted by Crippen LogP contribution is 2.18. The average Bonchev–Trinajstić information content (AvgIpc) is 2.94. The fraction of sp³-hybridized carbons (Fsp3) is 0.438. The standard InChI is InChI=1S/C16H22N4O2/c1-11-5-7-12(8-6-11)20-10-13(18-19-20)15(22)17-9-14(21)16(2,3)4/h5-8,10,14,21H,9H2,1-4H3,(H,17,22). The minimum Gasteiger partial charge on any atom is -0.391 e. The van der Waals surface area contributed by atoms with E-state index in [1.54, 1.807) is 10.9 Å². The van der Waals surface area contributed by atoms with Gasteiger partial charge in [-0.3, -0.25) is 4.79 Å². The third kappa shape index (κ3) is 3.92. The van der Waals surface area contributed by atoms with E-state index in [9.17, 15) is 9.90 Å². The van der Waals surface area contributed by atoms with Gasteiger partial charge in [-0.05, 0) is 24.5 Å². The Hall–Kier alpha value is -2.21. The highest BCUT2D eigenvalue weighted by molar-refractivity contribution is 5.91. The molecule has 1 heterocycles. The molecule has 0 aliphatic rings. The maximum Gasteiger partial charge on any atom is 0.273 e. The van der Waals surface area contributed by atoms with Gasteiger partial charge < -0.3 is 10.4 Å². The van der Waals surface area contributed by atoms with Gasteiger partial charge in [-0.15, -0.1) is 5.10 Å². The number of nitrogens with one attached hydrogen (secondary N) is 1. The smallest absolute Gasteiger partial charge is 0.273 e. The first kappa shape index (κ1) is 16.2. The van der Waals surface area contributed by atoms with Gasteiger partial charge in [-0.2, -0.15) is 0 Å². The van der Waals surface area contributed by atoms with Crippen molar-refractivity contribution in [3.8, 4) is 5.69 Å². The van der Waals surface area contributed by atoms with Gasteiger partial charge in [0.1, 0.15) is 0 Å². The van der Waals surface area contributed by atoms with E-state index >= 15 is 0 Å². The van der Waals surface area contributed by atoms with Crippen molar-refractivity contribution in [2.24, 2.45) is 5.41 Å². The zero-order valence-corrected chi connectivity index (χ0v) is 13.4. The topological polar surface area (TPSA) is 80.0 Å². The molecule has 0 bridgehead atoms. The summed E-state index contributed by atoms with van der Waals surface area (Å²) in [5, 5.41) is 20.4. The third-order valence-corrected chi connectivity index (χ3v) is 3.48. The summed E-state index contributed by atoms with van der Waals surface area (Å²) in [4.78, 5) is 12.0. The Morgan fingerprint density at radius 2 is 1.95 bits per heavy atom. The van der Waals surface area contributed by atoms with Gasteiger partial charge in [0.05, 0.1) is 18.0 Å². The van der Waals surface area contributed by atoms with Crippen LogP contribution in [0.3, 0.4) is 0 Å². The molecule has 22 heavy (non-hydrogen) atoms. The van der Waals surface area contributed by atoms with E-state index in [0.29, 0.717) is 0 Å². The molecule has 1 amide bonds. The lowest BCUT2D eigenvalue weighted by Gasteiger charge is -2.25. The first-order valence-electron chi connectivity index (χ1n) is 7.23. The average molecular weight is 302 g/mol. The van der Waals surface area contributed by atoms with Crippen LogP contribution in [0.2, 0.25) is 0 Å². The monoisotopic (exact) mass is 302 g/mol. The highest BCUT2D eigenvalue weighted by Gasteiger charge is 2.23. The van der Waals surface area contributed by atoms with Crippen LogP contribution in [0.15, 0.2) is 30.5 Å². The van der Waals surface area contributed by atoms with E-state index in [1.165, 1.54) is 0 Å². The quantitative estimate of drug-likeness (QED) is 0.901. The van der Waals surface area contributed by atoms with Crippen LogP contribution in [0.5, 0.6) is 0 Å². The van der Waals surface area contributed by atoms with Gasteiger partial charge in [-0.25, -0.2) is 4.68 Å². The lowest BCUT2D eigenvalue weighted by atomic mass is 9.89. The summed E-state index contributed by atoms with van der Waals surface area (Å²) in [6.07, 6.45) is 0.951. The summed E-state index contributed by atoms with van der Waals surface area (Å²) < 4.78 is 1.55. The number of carbonyl (C=O) groups is 1. The molecule has 0 aliphatic heterocycles. The Bertz CT molecular complexity index is 641. The van der Waals surface area contributed by atoms with Crippen molar-refractivity contribution < 1.29 is 9.90 Å². The molecule has 2 rings (SSSR count). The molecule has 0 spiro atoms. The molecular formula is C16H22N4O2. The molecule has 0 saturated heterocycles. The number of rotatable bonds is 4. The molecule has 2 N–H and O–H groups in total. The van der Waals surface area contributed by atoms with Crippen molar-refractivity contribution in [2.75, 3.05) is 6.54 Å². The van der Waals surface area contributed by atoms with Gasteiger partial charge in [0.2, 0.25) is 0 Å². The van der Waals surface area contributed by atoms with E-state index in [-0.39, 0.29) is 23.6 Å². The predicted octanol–water partition coefficient (Wildman–Crippen LogP) is 1.71. The number of aryl methyl sites for hydroxylation is 1. The van der Waals surface area contributed by atoms with Crippen molar-refractivity contribution >= 4 is 5.91 Å². The Morgan fingerprint density at radius 3 is 2.55 bits per heavy atom. The fourth-order valence-corrected chi connectivity index (χ4v) is 1.78. The molecule has 1 atom stereocenters. The molecule has 6 heteroatoms. The number of amides is 1. The fourth-order valence-electron chi connectivity index (χ4n) is 1.78. The third-order valence-electron chi connectivity index (χ3n) is 3.48. The number of aliphatic hydroxyl groups excluding tert-OH is 1. The van der Waals surface area contributed by atoms with Crippen LogP contribution in [-0.4, -0.2) is 38.7 Å². The molecule has 6 nitrogen and oxygen atoms in total. The number of aliphatic hydroxyl groups is 1. The lowest BCUT2D eigenvalue weighted by molar-refractivity contribution is 0.0585.